The van der Waals surface area contributed by atoms with Crippen LogP contribution in [0.4, 0.5) is 0 Å². The lowest BCUT2D eigenvalue weighted by atomic mass is 10.0. The molecule has 1 heterocycles. The van der Waals surface area contributed by atoms with E-state index in [1.54, 1.807) is 11.8 Å². The average Bonchev–Trinajstić information content (AvgIpc) is 2.56. The van der Waals surface area contributed by atoms with Crippen molar-refractivity contribution in [3.05, 3.63) is 27.7 Å². The minimum absolute atomic E-state index is 0.0474. The Hall–Kier alpha value is -0.560. The maximum Gasteiger partial charge on any atom is 0.230 e. The number of halogens is 1. The molecule has 0 unspecified atom stereocenters. The van der Waals surface area contributed by atoms with Crippen LogP contribution in [0.25, 0.3) is 0 Å². The fourth-order valence-corrected chi connectivity index (χ4v) is 4.09. The van der Waals surface area contributed by atoms with Gasteiger partial charge in [-0.05, 0) is 51.0 Å². The molecule has 0 saturated carbocycles. The molecule has 1 fully saturated rings. The Bertz CT molecular complexity index is 587. The highest BCUT2D eigenvalue weighted by Crippen LogP contribution is 2.28. The van der Waals surface area contributed by atoms with Gasteiger partial charge >= 0.3 is 0 Å². The Morgan fingerprint density at radius 3 is 2.62 bits per heavy atom. The summed E-state index contributed by atoms with van der Waals surface area (Å²) in [5.41, 5.74) is 2.34. The summed E-state index contributed by atoms with van der Waals surface area (Å²) in [6.45, 7) is 12.5. The van der Waals surface area contributed by atoms with E-state index in [1.807, 2.05) is 0 Å². The van der Waals surface area contributed by atoms with Gasteiger partial charge in [0.25, 0.3) is 0 Å². The number of thioether (sulfide) groups is 1. The maximum absolute atomic E-state index is 12.2. The van der Waals surface area contributed by atoms with Gasteiger partial charge in [0.1, 0.15) is 0 Å². The summed E-state index contributed by atoms with van der Waals surface area (Å²) >= 11 is 5.14. The fourth-order valence-electron chi connectivity index (χ4n) is 2.70. The lowest BCUT2D eigenvalue weighted by Gasteiger charge is -2.40. The zero-order valence-electron chi connectivity index (χ0n) is 14.9. The van der Waals surface area contributed by atoms with Crippen LogP contribution in [0.3, 0.4) is 0 Å². The Morgan fingerprint density at radius 2 is 1.96 bits per heavy atom. The monoisotopic (exact) mass is 414 g/mol. The van der Waals surface area contributed by atoms with Crippen molar-refractivity contribution in [1.82, 2.24) is 10.2 Å². The van der Waals surface area contributed by atoms with E-state index < -0.39 is 0 Å². The van der Waals surface area contributed by atoms with Gasteiger partial charge in [-0.3, -0.25) is 9.69 Å². The topological polar surface area (TPSA) is 41.6 Å². The van der Waals surface area contributed by atoms with E-state index in [0.29, 0.717) is 12.3 Å². The molecule has 4 nitrogen and oxygen atoms in total. The number of carbonyl (C=O) groups excluding carboxylic acids is 1. The van der Waals surface area contributed by atoms with E-state index in [0.717, 1.165) is 30.8 Å². The number of rotatable bonds is 6. The third-order valence-corrected chi connectivity index (χ3v) is 6.41. The Balaban J connectivity index is 1.82. The molecule has 0 spiro atoms. The largest absolute Gasteiger partial charge is 0.379 e. The molecule has 1 aromatic carbocycles. The molecule has 1 aliphatic heterocycles. The van der Waals surface area contributed by atoms with Gasteiger partial charge in [0.15, 0.2) is 0 Å². The third kappa shape index (κ3) is 5.48. The molecule has 1 saturated heterocycles. The number of amides is 1. The van der Waals surface area contributed by atoms with Crippen molar-refractivity contribution >= 4 is 33.6 Å². The van der Waals surface area contributed by atoms with Crippen LogP contribution in [-0.2, 0) is 9.53 Å². The van der Waals surface area contributed by atoms with Crippen molar-refractivity contribution in [3.8, 4) is 0 Å². The summed E-state index contributed by atoms with van der Waals surface area (Å²) in [6, 6.07) is 4.24. The van der Waals surface area contributed by atoms with Crippen LogP contribution in [0.1, 0.15) is 25.0 Å². The van der Waals surface area contributed by atoms with Crippen LogP contribution in [0.15, 0.2) is 21.5 Å². The minimum atomic E-state index is -0.0474. The van der Waals surface area contributed by atoms with E-state index in [-0.39, 0.29) is 11.4 Å². The normalized spacial score (nSPS) is 16.2. The zero-order valence-corrected chi connectivity index (χ0v) is 17.3. The second-order valence-corrected chi connectivity index (χ2v) is 8.72. The van der Waals surface area contributed by atoms with Gasteiger partial charge in [-0.1, -0.05) is 15.9 Å². The molecule has 1 aliphatic rings. The summed E-state index contributed by atoms with van der Waals surface area (Å²) < 4.78 is 6.51. The number of ether oxygens (including phenoxy) is 1. The Morgan fingerprint density at radius 1 is 1.29 bits per heavy atom. The lowest BCUT2D eigenvalue weighted by Crippen LogP contribution is -2.55. The lowest BCUT2D eigenvalue weighted by molar-refractivity contribution is -0.119. The summed E-state index contributed by atoms with van der Waals surface area (Å²) in [6.07, 6.45) is 0. The molecule has 1 aromatic rings. The molecule has 6 heteroatoms. The Labute approximate surface area is 157 Å². The van der Waals surface area contributed by atoms with E-state index >= 15 is 0 Å². The number of aryl methyl sites for hydroxylation is 2. The highest BCUT2D eigenvalue weighted by atomic mass is 79.9. The van der Waals surface area contributed by atoms with E-state index in [9.17, 15) is 4.79 Å². The zero-order chi connectivity index (χ0) is 17.7. The van der Waals surface area contributed by atoms with Crippen molar-refractivity contribution in [2.45, 2.75) is 38.1 Å². The summed E-state index contributed by atoms with van der Waals surface area (Å²) in [4.78, 5) is 15.8. The first-order valence-electron chi connectivity index (χ1n) is 8.28. The van der Waals surface area contributed by atoms with Crippen molar-refractivity contribution in [2.24, 2.45) is 0 Å². The molecule has 2 rings (SSSR count). The number of nitrogens with one attached hydrogen (secondary N) is 1. The predicted molar refractivity (Wildman–Crippen MR) is 104 cm³/mol. The first kappa shape index (κ1) is 19.8. The van der Waals surface area contributed by atoms with Gasteiger partial charge in [-0.25, -0.2) is 0 Å². The number of benzene rings is 1. The van der Waals surface area contributed by atoms with E-state index in [1.165, 1.54) is 16.0 Å². The molecule has 0 aliphatic carbocycles. The van der Waals surface area contributed by atoms with Gasteiger partial charge in [-0.15, -0.1) is 11.8 Å². The Kier molecular flexibility index (Phi) is 7.16. The van der Waals surface area contributed by atoms with Crippen molar-refractivity contribution in [1.29, 1.82) is 0 Å². The minimum Gasteiger partial charge on any atom is -0.379 e. The van der Waals surface area contributed by atoms with E-state index in [4.69, 9.17) is 4.74 Å². The van der Waals surface area contributed by atoms with Crippen LogP contribution in [0.2, 0.25) is 0 Å². The molecule has 134 valence electrons. The average molecular weight is 415 g/mol. The number of hydrogen-bond donors (Lipinski definition) is 1. The van der Waals surface area contributed by atoms with Crippen LogP contribution in [0, 0.1) is 13.8 Å². The second-order valence-electron chi connectivity index (χ2n) is 6.84. The van der Waals surface area contributed by atoms with Gasteiger partial charge in [-0.2, -0.15) is 0 Å². The molecular weight excluding hydrogens is 388 g/mol. The van der Waals surface area contributed by atoms with Crippen molar-refractivity contribution in [3.63, 3.8) is 0 Å². The smallest absolute Gasteiger partial charge is 0.230 e. The molecule has 1 N–H and O–H groups in total. The molecular formula is C18H27BrN2O2S. The maximum atomic E-state index is 12.2. The first-order chi connectivity index (χ1) is 11.3. The van der Waals surface area contributed by atoms with Crippen LogP contribution in [-0.4, -0.2) is 54.9 Å². The van der Waals surface area contributed by atoms with Crippen LogP contribution < -0.4 is 5.32 Å². The number of carbonyl (C=O) groups is 1. The van der Waals surface area contributed by atoms with E-state index in [2.05, 4.69) is 66.0 Å². The third-order valence-electron chi connectivity index (χ3n) is 4.40. The van der Waals surface area contributed by atoms with Gasteiger partial charge in [0, 0.05) is 34.5 Å². The molecule has 1 amide bonds. The quantitative estimate of drug-likeness (QED) is 0.724. The highest BCUT2D eigenvalue weighted by molar-refractivity contribution is 9.10. The summed E-state index contributed by atoms with van der Waals surface area (Å²) in [5.74, 6) is 0.530. The fraction of sp³-hybridized carbons (Fsp3) is 0.611. The van der Waals surface area contributed by atoms with Crippen molar-refractivity contribution in [2.75, 3.05) is 38.6 Å². The van der Waals surface area contributed by atoms with Crippen LogP contribution in [0.5, 0.6) is 0 Å². The molecule has 0 bridgehead atoms. The summed E-state index contributed by atoms with van der Waals surface area (Å²) in [5, 5.41) is 3.08. The standard InChI is InChI=1S/C18H27BrN2O2S/c1-13-10-16(14(2)9-15(13)19)24-11-17(22)20-12-18(3,4)21-5-7-23-8-6-21/h9-10H,5-8,11-12H2,1-4H3,(H,20,22). The SMILES string of the molecule is Cc1cc(SCC(=O)NCC(C)(C)N2CCOCC2)c(C)cc1Br. The highest BCUT2D eigenvalue weighted by Gasteiger charge is 2.28. The number of nitrogens with zero attached hydrogens (tertiary/aromatic N) is 1. The first-order valence-corrected chi connectivity index (χ1v) is 10.1. The van der Waals surface area contributed by atoms with Gasteiger partial charge in [0.05, 0.1) is 19.0 Å². The molecule has 24 heavy (non-hydrogen) atoms. The molecule has 0 aromatic heterocycles. The summed E-state index contributed by atoms with van der Waals surface area (Å²) in [7, 11) is 0. The van der Waals surface area contributed by atoms with Crippen molar-refractivity contribution < 1.29 is 9.53 Å². The predicted octanol–water partition coefficient (Wildman–Crippen LogP) is 3.39. The van der Waals surface area contributed by atoms with Gasteiger partial charge < -0.3 is 10.1 Å². The number of hydrogen-bond acceptors (Lipinski definition) is 4. The molecule has 0 radical (unpaired) electrons. The van der Waals surface area contributed by atoms with Gasteiger partial charge in [0.2, 0.25) is 5.91 Å². The second kappa shape index (κ2) is 8.70. The number of morpholine rings is 1. The van der Waals surface area contributed by atoms with Crippen LogP contribution >= 0.6 is 27.7 Å². The molecule has 0 atom stereocenters.